The van der Waals surface area contributed by atoms with Crippen LogP contribution in [0.3, 0.4) is 0 Å². The molecule has 3 aromatic rings. The van der Waals surface area contributed by atoms with Gasteiger partial charge in [-0.1, -0.05) is 99.7 Å². The first-order valence-corrected chi connectivity index (χ1v) is 14.1. The van der Waals surface area contributed by atoms with Crippen LogP contribution in [0.5, 0.6) is 0 Å². The third-order valence-corrected chi connectivity index (χ3v) is 7.57. The zero-order chi connectivity index (χ0) is 25.1. The van der Waals surface area contributed by atoms with Gasteiger partial charge >= 0.3 is 0 Å². The Morgan fingerprint density at radius 2 is 1.09 bits per heavy atom. The second kappa shape index (κ2) is 13.7. The Bertz CT molecular complexity index is 1070. The van der Waals surface area contributed by atoms with E-state index in [4.69, 9.17) is 17.2 Å². The van der Waals surface area contributed by atoms with E-state index in [2.05, 4.69) is 88.4 Å². The second-order valence-corrected chi connectivity index (χ2v) is 10.8. The molecule has 0 unspecified atom stereocenters. The molecule has 3 nitrogen and oxygen atoms in total. The summed E-state index contributed by atoms with van der Waals surface area (Å²) in [6.45, 7) is 8.69. The molecule has 0 radical (unpaired) electrons. The lowest BCUT2D eigenvalue weighted by Crippen LogP contribution is -2.03. The number of unbranched alkanes of at least 4 members (excludes halogenated alkanes) is 5. The van der Waals surface area contributed by atoms with Gasteiger partial charge in [-0.2, -0.15) is 8.42 Å². The van der Waals surface area contributed by atoms with Crippen molar-refractivity contribution in [3.63, 3.8) is 0 Å². The number of hydrogen-bond acceptors (Lipinski definition) is 3. The summed E-state index contributed by atoms with van der Waals surface area (Å²) in [5, 5.41) is 0. The van der Waals surface area contributed by atoms with Crippen molar-refractivity contribution in [2.45, 2.75) is 71.1 Å². The summed E-state index contributed by atoms with van der Waals surface area (Å²) in [7, 11) is -3.72. The summed E-state index contributed by atoms with van der Waals surface area (Å²) in [5.41, 5.74) is 8.94. The van der Waals surface area contributed by atoms with Gasteiger partial charge in [-0.05, 0) is 66.1 Å². The average molecular weight is 499 g/mol. The van der Waals surface area contributed by atoms with Crippen LogP contribution < -0.4 is 0 Å². The van der Waals surface area contributed by atoms with Crippen molar-refractivity contribution in [2.75, 3.05) is 5.75 Å². The van der Waals surface area contributed by atoms with Crippen molar-refractivity contribution in [3.05, 3.63) is 77.4 Å². The molecule has 0 aliphatic heterocycles. The Hall–Kier alpha value is -2.08. The fraction of sp³-hybridized carbons (Fsp3) is 0.379. The second-order valence-electron chi connectivity index (χ2n) is 8.76. The van der Waals surface area contributed by atoms with E-state index in [-0.39, 0.29) is 5.75 Å². The number of benzene rings is 3. The highest BCUT2D eigenvalue weighted by Crippen LogP contribution is 2.40. The lowest BCUT2D eigenvalue weighted by Gasteiger charge is -2.20. The monoisotopic (exact) mass is 498 g/mol. The van der Waals surface area contributed by atoms with Gasteiger partial charge in [0.2, 0.25) is 0 Å². The number of hydrogen-bond donors (Lipinski definition) is 2. The smallest absolute Gasteiger partial charge is 0.264 e. The van der Waals surface area contributed by atoms with Crippen LogP contribution in [0.15, 0.2) is 65.6 Å². The van der Waals surface area contributed by atoms with Crippen molar-refractivity contribution in [3.8, 4) is 22.3 Å². The summed E-state index contributed by atoms with van der Waals surface area (Å²) >= 11 is 4.80. The normalized spacial score (nSPS) is 11.1. The van der Waals surface area contributed by atoms with E-state index in [9.17, 15) is 8.42 Å². The van der Waals surface area contributed by atoms with Crippen LogP contribution in [-0.2, 0) is 10.1 Å². The quantitative estimate of drug-likeness (QED) is 0.177. The summed E-state index contributed by atoms with van der Waals surface area (Å²) in [4.78, 5) is 1.09. The van der Waals surface area contributed by atoms with Gasteiger partial charge in [-0.25, -0.2) is 0 Å². The van der Waals surface area contributed by atoms with E-state index in [0.29, 0.717) is 6.42 Å². The summed E-state index contributed by atoms with van der Waals surface area (Å²) in [6, 6.07) is 21.2. The van der Waals surface area contributed by atoms with Gasteiger partial charge in [0.05, 0.1) is 5.75 Å². The lowest BCUT2D eigenvalue weighted by molar-refractivity contribution is 0.478. The van der Waals surface area contributed by atoms with Crippen molar-refractivity contribution in [1.82, 2.24) is 0 Å². The van der Waals surface area contributed by atoms with Crippen LogP contribution in [-0.4, -0.2) is 18.7 Å². The molecule has 1 N–H and O–H groups in total. The molecule has 0 heterocycles. The van der Waals surface area contributed by atoms with Crippen molar-refractivity contribution in [2.24, 2.45) is 0 Å². The van der Waals surface area contributed by atoms with Crippen LogP contribution in [0.1, 0.15) is 62.1 Å². The van der Waals surface area contributed by atoms with Gasteiger partial charge in [0.1, 0.15) is 0 Å². The molecule has 0 fully saturated rings. The van der Waals surface area contributed by atoms with Crippen LogP contribution in [0, 0.1) is 20.8 Å². The molecule has 0 saturated carbocycles. The molecule has 0 aliphatic carbocycles. The minimum absolute atomic E-state index is 0.0842. The highest BCUT2D eigenvalue weighted by Gasteiger charge is 2.17. The van der Waals surface area contributed by atoms with Crippen molar-refractivity contribution >= 4 is 22.7 Å². The molecule has 0 aromatic heterocycles. The first kappa shape index (κ1) is 28.2. The zero-order valence-electron chi connectivity index (χ0n) is 20.8. The Morgan fingerprint density at radius 1 is 0.676 bits per heavy atom. The highest BCUT2D eigenvalue weighted by atomic mass is 32.2. The molecule has 34 heavy (non-hydrogen) atoms. The molecule has 3 rings (SSSR count). The van der Waals surface area contributed by atoms with E-state index in [1.807, 2.05) is 0 Å². The molecular formula is C29H38O3S2. The molecule has 0 aliphatic rings. The molecule has 0 atom stereocenters. The van der Waals surface area contributed by atoms with E-state index >= 15 is 0 Å². The van der Waals surface area contributed by atoms with Crippen LogP contribution in [0.2, 0.25) is 0 Å². The summed E-state index contributed by atoms with van der Waals surface area (Å²) in [6.07, 6.45) is 6.14. The van der Waals surface area contributed by atoms with E-state index in [1.54, 1.807) is 0 Å². The Morgan fingerprint density at radius 3 is 1.50 bits per heavy atom. The maximum absolute atomic E-state index is 10.3. The van der Waals surface area contributed by atoms with Gasteiger partial charge in [0.15, 0.2) is 0 Å². The maximum Gasteiger partial charge on any atom is 0.264 e. The third-order valence-electron chi connectivity index (χ3n) is 6.09. The van der Waals surface area contributed by atoms with Crippen LogP contribution in [0.25, 0.3) is 22.3 Å². The molecule has 5 heteroatoms. The minimum Gasteiger partial charge on any atom is -0.286 e. The van der Waals surface area contributed by atoms with Crippen molar-refractivity contribution < 1.29 is 13.0 Å². The fourth-order valence-electron chi connectivity index (χ4n) is 4.35. The molecule has 0 saturated heterocycles. The number of thiol groups is 1. The van der Waals surface area contributed by atoms with Gasteiger partial charge in [0, 0.05) is 4.90 Å². The highest BCUT2D eigenvalue weighted by molar-refractivity contribution is 7.85. The van der Waals surface area contributed by atoms with Crippen LogP contribution in [0.4, 0.5) is 0 Å². The van der Waals surface area contributed by atoms with E-state index in [1.165, 1.54) is 58.2 Å². The summed E-state index contributed by atoms with van der Waals surface area (Å²) in [5.74, 6) is -0.0842. The number of rotatable bonds is 9. The van der Waals surface area contributed by atoms with Crippen LogP contribution >= 0.6 is 12.6 Å². The van der Waals surface area contributed by atoms with E-state index < -0.39 is 10.1 Å². The molecule has 184 valence electrons. The SMILES string of the molecule is CCCCCCCCS(=O)(=O)O.Cc1c(S)c(C)c(-c2ccccc2)c(C)c1-c1ccccc1. The Kier molecular flexibility index (Phi) is 11.4. The third kappa shape index (κ3) is 8.30. The average Bonchev–Trinajstić information content (AvgIpc) is 2.81. The molecule has 0 bridgehead atoms. The lowest BCUT2D eigenvalue weighted by atomic mass is 9.86. The predicted molar refractivity (Wildman–Crippen MR) is 149 cm³/mol. The fourth-order valence-corrected chi connectivity index (χ4v) is 5.14. The first-order chi connectivity index (χ1) is 16.2. The first-order valence-electron chi connectivity index (χ1n) is 12.1. The Balaban J connectivity index is 0.000000292. The standard InChI is InChI=1S/C21H20S.C8H18O3S/c1-14-19(17-10-6-4-7-11-17)15(2)21(22)16(3)20(14)18-12-8-5-9-13-18;1-2-3-4-5-6-7-8-12(9,10)11/h4-13,22H,1-3H3;2-8H2,1H3,(H,9,10,11). The zero-order valence-corrected chi connectivity index (χ0v) is 22.6. The molecular weight excluding hydrogens is 460 g/mol. The topological polar surface area (TPSA) is 54.4 Å². The summed E-state index contributed by atoms with van der Waals surface area (Å²) < 4.78 is 28.9. The van der Waals surface area contributed by atoms with Gasteiger partial charge in [0.25, 0.3) is 10.1 Å². The molecule has 0 amide bonds. The molecule has 3 aromatic carbocycles. The van der Waals surface area contributed by atoms with Gasteiger partial charge < -0.3 is 0 Å². The maximum atomic E-state index is 10.3. The molecule has 0 spiro atoms. The van der Waals surface area contributed by atoms with E-state index in [0.717, 1.165) is 17.7 Å². The van der Waals surface area contributed by atoms with Crippen molar-refractivity contribution in [1.29, 1.82) is 0 Å². The van der Waals surface area contributed by atoms with Gasteiger partial charge in [-0.3, -0.25) is 4.55 Å². The van der Waals surface area contributed by atoms with Gasteiger partial charge in [-0.15, -0.1) is 12.6 Å². The largest absolute Gasteiger partial charge is 0.286 e. The minimum atomic E-state index is -3.72. The Labute approximate surface area is 211 Å². The predicted octanol–water partition coefficient (Wildman–Crippen LogP) is 8.47.